The number of methoxy groups -OCH3 is 1. The smallest absolute Gasteiger partial charge is 0.182 e. The van der Waals surface area contributed by atoms with Crippen molar-refractivity contribution in [2.24, 2.45) is 0 Å². The van der Waals surface area contributed by atoms with E-state index in [-0.39, 0.29) is 0 Å². The Labute approximate surface area is 114 Å². The van der Waals surface area contributed by atoms with Crippen molar-refractivity contribution in [3.05, 3.63) is 34.8 Å². The van der Waals surface area contributed by atoms with Crippen LogP contribution in [0.15, 0.2) is 29.1 Å². The van der Waals surface area contributed by atoms with Crippen LogP contribution < -0.4 is 10.2 Å². The van der Waals surface area contributed by atoms with Crippen LogP contribution in [0.1, 0.15) is 5.69 Å². The van der Waals surface area contributed by atoms with Crippen LogP contribution in [0, 0.1) is 6.92 Å². The standard InChI is InChI=1S/C12H14BrN3O2/c1-8-7-16(12(13)14-8)9-5-4-6-10(17-2)11(9)15-18-3/h4-7,15H,1-3H3. The zero-order valence-electron chi connectivity index (χ0n) is 10.4. The van der Waals surface area contributed by atoms with Gasteiger partial charge in [-0.1, -0.05) is 6.07 Å². The first-order valence-electron chi connectivity index (χ1n) is 5.35. The number of aryl methyl sites for hydroxylation is 1. The van der Waals surface area contributed by atoms with E-state index in [9.17, 15) is 0 Å². The predicted octanol–water partition coefficient (Wildman–Crippen LogP) is 2.93. The van der Waals surface area contributed by atoms with Gasteiger partial charge < -0.3 is 4.74 Å². The Kier molecular flexibility index (Phi) is 3.88. The number of nitrogens with one attached hydrogen (secondary N) is 1. The van der Waals surface area contributed by atoms with Crippen molar-refractivity contribution in [2.45, 2.75) is 6.92 Å². The molecule has 2 aromatic rings. The molecule has 6 heteroatoms. The van der Waals surface area contributed by atoms with Crippen LogP contribution in [0.2, 0.25) is 0 Å². The van der Waals surface area contributed by atoms with Crippen LogP contribution in [0.3, 0.4) is 0 Å². The molecule has 18 heavy (non-hydrogen) atoms. The number of anilines is 1. The summed E-state index contributed by atoms with van der Waals surface area (Å²) in [4.78, 5) is 9.31. The van der Waals surface area contributed by atoms with Crippen molar-refractivity contribution in [3.63, 3.8) is 0 Å². The van der Waals surface area contributed by atoms with Gasteiger partial charge in [0.05, 0.1) is 25.6 Å². The number of aromatic nitrogens is 2. The van der Waals surface area contributed by atoms with E-state index in [0.29, 0.717) is 5.75 Å². The van der Waals surface area contributed by atoms with Gasteiger partial charge in [-0.2, -0.15) is 0 Å². The van der Waals surface area contributed by atoms with Crippen molar-refractivity contribution in [2.75, 3.05) is 19.7 Å². The number of halogens is 1. The molecule has 0 unspecified atom stereocenters. The molecule has 0 aliphatic carbocycles. The first kappa shape index (κ1) is 12.9. The summed E-state index contributed by atoms with van der Waals surface area (Å²) in [5.74, 6) is 0.701. The lowest BCUT2D eigenvalue weighted by molar-refractivity contribution is 0.268. The molecule has 96 valence electrons. The molecule has 0 radical (unpaired) electrons. The number of nitrogens with zero attached hydrogens (tertiary/aromatic N) is 2. The number of hydrogen-bond acceptors (Lipinski definition) is 4. The van der Waals surface area contributed by atoms with E-state index in [2.05, 4.69) is 26.4 Å². The van der Waals surface area contributed by atoms with Gasteiger partial charge in [0, 0.05) is 6.20 Å². The average molecular weight is 312 g/mol. The van der Waals surface area contributed by atoms with Gasteiger partial charge in [0.1, 0.15) is 11.4 Å². The molecule has 1 N–H and O–H groups in total. The molecule has 2 rings (SSSR count). The Bertz CT molecular complexity index is 554. The first-order valence-corrected chi connectivity index (χ1v) is 6.14. The van der Waals surface area contributed by atoms with E-state index in [0.717, 1.165) is 21.8 Å². The second kappa shape index (κ2) is 5.41. The summed E-state index contributed by atoms with van der Waals surface area (Å²) in [5.41, 5.74) is 5.40. The first-order chi connectivity index (χ1) is 8.67. The topological polar surface area (TPSA) is 48.3 Å². The zero-order chi connectivity index (χ0) is 13.1. The Balaban J connectivity index is 2.59. The van der Waals surface area contributed by atoms with Crippen molar-refractivity contribution < 1.29 is 9.57 Å². The van der Waals surface area contributed by atoms with Gasteiger partial charge in [0.25, 0.3) is 0 Å². The minimum Gasteiger partial charge on any atom is -0.494 e. The van der Waals surface area contributed by atoms with E-state index in [1.54, 1.807) is 14.2 Å². The maximum Gasteiger partial charge on any atom is 0.182 e. The van der Waals surface area contributed by atoms with Crippen molar-refractivity contribution >= 4 is 21.6 Å². The van der Waals surface area contributed by atoms with E-state index in [1.807, 2.05) is 35.9 Å². The fourth-order valence-corrected chi connectivity index (χ4v) is 2.31. The van der Waals surface area contributed by atoms with Gasteiger partial charge in [0.2, 0.25) is 0 Å². The highest BCUT2D eigenvalue weighted by Gasteiger charge is 2.13. The third kappa shape index (κ3) is 2.34. The van der Waals surface area contributed by atoms with Crippen LogP contribution in [-0.4, -0.2) is 23.8 Å². The van der Waals surface area contributed by atoms with Gasteiger partial charge in [-0.15, -0.1) is 0 Å². The number of imidazole rings is 1. The average Bonchev–Trinajstić information content (AvgIpc) is 2.69. The monoisotopic (exact) mass is 311 g/mol. The van der Waals surface area contributed by atoms with Crippen LogP contribution in [0.25, 0.3) is 5.69 Å². The molecule has 0 atom stereocenters. The van der Waals surface area contributed by atoms with Crippen LogP contribution in [0.5, 0.6) is 5.75 Å². The highest BCUT2D eigenvalue weighted by atomic mass is 79.9. The molecule has 0 aliphatic rings. The Morgan fingerprint density at radius 2 is 2.11 bits per heavy atom. The Morgan fingerprint density at radius 1 is 1.33 bits per heavy atom. The molecule has 0 saturated heterocycles. The summed E-state index contributed by atoms with van der Waals surface area (Å²) in [7, 11) is 3.18. The molecule has 0 spiro atoms. The maximum absolute atomic E-state index is 5.32. The molecule has 1 aromatic heterocycles. The molecular weight excluding hydrogens is 298 g/mol. The lowest BCUT2D eigenvalue weighted by atomic mass is 10.2. The van der Waals surface area contributed by atoms with Crippen molar-refractivity contribution in [3.8, 4) is 11.4 Å². The minimum atomic E-state index is 0.701. The van der Waals surface area contributed by atoms with Crippen LogP contribution in [-0.2, 0) is 4.84 Å². The third-order valence-corrected chi connectivity index (χ3v) is 3.03. The van der Waals surface area contributed by atoms with Crippen LogP contribution >= 0.6 is 15.9 Å². The highest BCUT2D eigenvalue weighted by molar-refractivity contribution is 9.10. The normalized spacial score (nSPS) is 10.4. The van der Waals surface area contributed by atoms with Crippen LogP contribution in [0.4, 0.5) is 5.69 Å². The third-order valence-electron chi connectivity index (χ3n) is 2.47. The molecule has 0 saturated carbocycles. The van der Waals surface area contributed by atoms with E-state index in [4.69, 9.17) is 9.57 Å². The Morgan fingerprint density at radius 3 is 2.67 bits per heavy atom. The number of benzene rings is 1. The molecule has 1 heterocycles. The molecule has 0 fully saturated rings. The number of ether oxygens (including phenoxy) is 1. The molecule has 0 aliphatic heterocycles. The summed E-state index contributed by atoms with van der Waals surface area (Å²) in [5, 5.41) is 0. The van der Waals surface area contributed by atoms with E-state index in [1.165, 1.54) is 0 Å². The molecule has 0 bridgehead atoms. The van der Waals surface area contributed by atoms with Crippen molar-refractivity contribution in [1.82, 2.24) is 9.55 Å². The summed E-state index contributed by atoms with van der Waals surface area (Å²) in [6.07, 6.45) is 1.93. The second-order valence-electron chi connectivity index (χ2n) is 3.68. The van der Waals surface area contributed by atoms with E-state index >= 15 is 0 Å². The van der Waals surface area contributed by atoms with Gasteiger partial charge in [0.15, 0.2) is 4.73 Å². The molecular formula is C12H14BrN3O2. The predicted molar refractivity (Wildman–Crippen MR) is 73.2 cm³/mol. The summed E-state index contributed by atoms with van der Waals surface area (Å²) < 4.78 is 7.96. The number of hydrogen-bond donors (Lipinski definition) is 1. The fraction of sp³-hybridized carbons (Fsp3) is 0.250. The summed E-state index contributed by atoms with van der Waals surface area (Å²) in [6, 6.07) is 5.73. The maximum atomic E-state index is 5.32. The molecule has 1 aromatic carbocycles. The van der Waals surface area contributed by atoms with Gasteiger partial charge in [-0.25, -0.2) is 4.98 Å². The quantitative estimate of drug-likeness (QED) is 0.882. The fourth-order valence-electron chi connectivity index (χ4n) is 1.73. The lowest BCUT2D eigenvalue weighted by Crippen LogP contribution is -2.04. The van der Waals surface area contributed by atoms with Gasteiger partial charge in [-0.3, -0.25) is 14.9 Å². The summed E-state index contributed by atoms with van der Waals surface area (Å²) in [6.45, 7) is 1.94. The number of para-hydroxylation sites is 1. The SMILES string of the molecule is CONc1c(OC)cccc1-n1cc(C)nc1Br. The molecule has 0 amide bonds. The van der Waals surface area contributed by atoms with Crippen molar-refractivity contribution in [1.29, 1.82) is 0 Å². The van der Waals surface area contributed by atoms with Gasteiger partial charge in [-0.05, 0) is 35.0 Å². The molecule has 5 nitrogen and oxygen atoms in total. The highest BCUT2D eigenvalue weighted by Crippen LogP contribution is 2.32. The van der Waals surface area contributed by atoms with E-state index < -0.39 is 0 Å². The number of rotatable bonds is 4. The Hall–Kier alpha value is -1.53. The zero-order valence-corrected chi connectivity index (χ0v) is 12.0. The minimum absolute atomic E-state index is 0.701. The summed E-state index contributed by atoms with van der Waals surface area (Å²) >= 11 is 3.43. The second-order valence-corrected chi connectivity index (χ2v) is 4.39. The largest absolute Gasteiger partial charge is 0.494 e. The van der Waals surface area contributed by atoms with Gasteiger partial charge >= 0.3 is 0 Å². The lowest BCUT2D eigenvalue weighted by Gasteiger charge is -2.15.